The molecule has 0 saturated heterocycles. The fourth-order valence-electron chi connectivity index (χ4n) is 2.68. The molecule has 1 heterocycles. The molecule has 162 valence electrons. The highest BCUT2D eigenvalue weighted by Gasteiger charge is 2.18. The lowest BCUT2D eigenvalue weighted by Crippen LogP contribution is -2.13. The molecule has 3 rings (SSSR count). The van der Waals surface area contributed by atoms with Gasteiger partial charge in [-0.15, -0.1) is 0 Å². The second-order valence-electron chi connectivity index (χ2n) is 6.47. The SMILES string of the molecule is CCOc1cc(/C=C(/C#N)C(=O)Nc2cc(C)on2)cc(Cl)c1OC(=O)c1ccccc1. The van der Waals surface area contributed by atoms with Crippen molar-refractivity contribution in [1.29, 1.82) is 5.26 Å². The minimum Gasteiger partial charge on any atom is -0.490 e. The Morgan fingerprint density at radius 2 is 2.00 bits per heavy atom. The van der Waals surface area contributed by atoms with Gasteiger partial charge in [-0.1, -0.05) is 35.0 Å². The molecule has 1 aromatic heterocycles. The van der Waals surface area contributed by atoms with Gasteiger partial charge in [0.1, 0.15) is 17.4 Å². The summed E-state index contributed by atoms with van der Waals surface area (Å²) in [5, 5.41) is 15.6. The van der Waals surface area contributed by atoms with Crippen LogP contribution in [0.25, 0.3) is 6.08 Å². The van der Waals surface area contributed by atoms with E-state index in [1.807, 2.05) is 6.07 Å². The van der Waals surface area contributed by atoms with E-state index in [1.54, 1.807) is 44.2 Å². The topological polar surface area (TPSA) is 114 Å². The Balaban J connectivity index is 1.89. The van der Waals surface area contributed by atoms with E-state index >= 15 is 0 Å². The van der Waals surface area contributed by atoms with Gasteiger partial charge in [0.05, 0.1) is 17.2 Å². The number of esters is 1. The Morgan fingerprint density at radius 1 is 1.25 bits per heavy atom. The van der Waals surface area contributed by atoms with Gasteiger partial charge in [0.25, 0.3) is 5.91 Å². The number of hydrogen-bond donors (Lipinski definition) is 1. The number of nitriles is 1. The number of carbonyl (C=O) groups excluding carboxylic acids is 2. The number of anilines is 1. The predicted molar refractivity (Wildman–Crippen MR) is 117 cm³/mol. The molecule has 8 nitrogen and oxygen atoms in total. The van der Waals surface area contributed by atoms with Crippen LogP contribution in [0.2, 0.25) is 5.02 Å². The molecule has 0 radical (unpaired) electrons. The van der Waals surface area contributed by atoms with Gasteiger partial charge in [-0.25, -0.2) is 4.79 Å². The van der Waals surface area contributed by atoms with Crippen molar-refractivity contribution in [3.05, 3.63) is 76.0 Å². The highest BCUT2D eigenvalue weighted by Crippen LogP contribution is 2.38. The van der Waals surface area contributed by atoms with E-state index in [0.29, 0.717) is 16.9 Å². The zero-order valence-corrected chi connectivity index (χ0v) is 18.0. The van der Waals surface area contributed by atoms with Gasteiger partial charge in [-0.05, 0) is 49.8 Å². The Bertz CT molecular complexity index is 1210. The molecule has 2 aromatic carbocycles. The van der Waals surface area contributed by atoms with E-state index in [0.717, 1.165) is 0 Å². The molecule has 1 amide bonds. The van der Waals surface area contributed by atoms with E-state index < -0.39 is 11.9 Å². The van der Waals surface area contributed by atoms with Crippen LogP contribution in [-0.4, -0.2) is 23.6 Å². The second kappa shape index (κ2) is 10.3. The van der Waals surface area contributed by atoms with Crippen molar-refractivity contribution in [3.8, 4) is 17.6 Å². The van der Waals surface area contributed by atoms with Crippen LogP contribution in [-0.2, 0) is 4.79 Å². The second-order valence-corrected chi connectivity index (χ2v) is 6.87. The van der Waals surface area contributed by atoms with Gasteiger partial charge in [0.15, 0.2) is 17.3 Å². The standard InChI is InChI=1S/C23H18ClN3O5/c1-3-30-19-12-15(10-17(13-25)22(28)26-20-9-14(2)32-27-20)11-18(24)21(19)31-23(29)16-7-5-4-6-8-16/h4-12H,3H2,1-2H3,(H,26,27,28)/b17-10-. The van der Waals surface area contributed by atoms with Crippen molar-refractivity contribution in [1.82, 2.24) is 5.16 Å². The lowest BCUT2D eigenvalue weighted by molar-refractivity contribution is -0.112. The molecule has 0 fully saturated rings. The van der Waals surface area contributed by atoms with Crippen molar-refractivity contribution in [2.75, 3.05) is 11.9 Å². The first kappa shape index (κ1) is 22.6. The van der Waals surface area contributed by atoms with Gasteiger partial charge in [0.2, 0.25) is 0 Å². The fraction of sp³-hybridized carbons (Fsp3) is 0.130. The van der Waals surface area contributed by atoms with E-state index in [1.165, 1.54) is 24.3 Å². The zero-order valence-electron chi connectivity index (χ0n) is 17.2. The Morgan fingerprint density at radius 3 is 2.62 bits per heavy atom. The average molecular weight is 452 g/mol. The number of nitrogens with zero attached hydrogens (tertiary/aromatic N) is 2. The number of nitrogens with one attached hydrogen (secondary N) is 1. The number of rotatable bonds is 7. The van der Waals surface area contributed by atoms with Crippen LogP contribution in [0.1, 0.15) is 28.6 Å². The van der Waals surface area contributed by atoms with E-state index in [-0.39, 0.29) is 34.5 Å². The summed E-state index contributed by atoms with van der Waals surface area (Å²) < 4.78 is 15.9. The summed E-state index contributed by atoms with van der Waals surface area (Å²) in [4.78, 5) is 24.8. The van der Waals surface area contributed by atoms with E-state index in [9.17, 15) is 14.9 Å². The first-order valence-electron chi connectivity index (χ1n) is 9.51. The summed E-state index contributed by atoms with van der Waals surface area (Å²) in [7, 11) is 0. The molecular formula is C23H18ClN3O5. The lowest BCUT2D eigenvalue weighted by Gasteiger charge is -2.13. The van der Waals surface area contributed by atoms with Crippen LogP contribution < -0.4 is 14.8 Å². The van der Waals surface area contributed by atoms with Crippen molar-refractivity contribution in [2.24, 2.45) is 0 Å². The van der Waals surface area contributed by atoms with Gasteiger partial charge < -0.3 is 19.3 Å². The molecule has 0 aliphatic rings. The predicted octanol–water partition coefficient (Wildman–Crippen LogP) is 4.80. The smallest absolute Gasteiger partial charge is 0.343 e. The average Bonchev–Trinajstić information content (AvgIpc) is 3.19. The van der Waals surface area contributed by atoms with Crippen LogP contribution >= 0.6 is 11.6 Å². The van der Waals surface area contributed by atoms with Crippen molar-refractivity contribution in [3.63, 3.8) is 0 Å². The molecule has 0 saturated carbocycles. The number of ether oxygens (including phenoxy) is 2. The highest BCUT2D eigenvalue weighted by atomic mass is 35.5. The van der Waals surface area contributed by atoms with Gasteiger partial charge in [0, 0.05) is 6.07 Å². The third kappa shape index (κ3) is 5.53. The molecule has 9 heteroatoms. The maximum atomic E-state index is 12.4. The van der Waals surface area contributed by atoms with Gasteiger partial charge in [-0.2, -0.15) is 5.26 Å². The molecular weight excluding hydrogens is 434 g/mol. The Hall–Kier alpha value is -4.09. The maximum absolute atomic E-state index is 12.4. The number of carbonyl (C=O) groups is 2. The molecule has 3 aromatic rings. The third-order valence-electron chi connectivity index (χ3n) is 4.08. The number of benzene rings is 2. The summed E-state index contributed by atoms with van der Waals surface area (Å²) >= 11 is 6.35. The van der Waals surface area contributed by atoms with E-state index in [2.05, 4.69) is 10.5 Å². The van der Waals surface area contributed by atoms with Crippen LogP contribution in [0.5, 0.6) is 11.5 Å². The molecule has 0 atom stereocenters. The van der Waals surface area contributed by atoms with Crippen molar-refractivity contribution < 1.29 is 23.6 Å². The Kier molecular flexibility index (Phi) is 7.26. The summed E-state index contributed by atoms with van der Waals surface area (Å²) in [6, 6.07) is 14.8. The summed E-state index contributed by atoms with van der Waals surface area (Å²) in [5.74, 6) is -0.339. The molecule has 0 aliphatic heterocycles. The van der Waals surface area contributed by atoms with Crippen LogP contribution in [0, 0.1) is 18.3 Å². The minimum atomic E-state index is -0.672. The number of amides is 1. The zero-order chi connectivity index (χ0) is 23.1. The first-order valence-corrected chi connectivity index (χ1v) is 9.89. The largest absolute Gasteiger partial charge is 0.490 e. The summed E-state index contributed by atoms with van der Waals surface area (Å²) in [5.41, 5.74) is 0.556. The van der Waals surface area contributed by atoms with Gasteiger partial charge >= 0.3 is 5.97 Å². The van der Waals surface area contributed by atoms with Gasteiger partial charge in [-0.3, -0.25) is 4.79 Å². The fourth-order valence-corrected chi connectivity index (χ4v) is 2.94. The molecule has 32 heavy (non-hydrogen) atoms. The maximum Gasteiger partial charge on any atom is 0.343 e. The van der Waals surface area contributed by atoms with E-state index in [4.69, 9.17) is 25.6 Å². The van der Waals surface area contributed by atoms with Crippen LogP contribution in [0.4, 0.5) is 5.82 Å². The number of hydrogen-bond acceptors (Lipinski definition) is 7. The molecule has 1 N–H and O–H groups in total. The number of aromatic nitrogens is 1. The molecule has 0 unspecified atom stereocenters. The monoisotopic (exact) mass is 451 g/mol. The molecule has 0 bridgehead atoms. The summed E-state index contributed by atoms with van der Waals surface area (Å²) in [6.45, 7) is 3.71. The Labute approximate surface area is 189 Å². The van der Waals surface area contributed by atoms with Crippen LogP contribution in [0.15, 0.2) is 58.6 Å². The van der Waals surface area contributed by atoms with Crippen molar-refractivity contribution >= 4 is 35.4 Å². The molecule has 0 aliphatic carbocycles. The number of halogens is 1. The highest BCUT2D eigenvalue weighted by molar-refractivity contribution is 6.32. The molecule has 0 spiro atoms. The van der Waals surface area contributed by atoms with Crippen molar-refractivity contribution in [2.45, 2.75) is 13.8 Å². The summed E-state index contributed by atoms with van der Waals surface area (Å²) in [6.07, 6.45) is 1.33. The number of aryl methyl sites for hydroxylation is 1. The normalized spacial score (nSPS) is 10.9. The first-order chi connectivity index (χ1) is 15.4. The lowest BCUT2D eigenvalue weighted by atomic mass is 10.1. The quantitative estimate of drug-likeness (QED) is 0.237. The van der Waals surface area contributed by atoms with Crippen LogP contribution in [0.3, 0.4) is 0 Å². The third-order valence-corrected chi connectivity index (χ3v) is 4.36. The minimum absolute atomic E-state index is 0.0422.